The zero-order valence-electron chi connectivity index (χ0n) is 5.61. The molecule has 0 aromatic rings. The maximum Gasteiger partial charge on any atom is 0.294 e. The molecule has 0 spiro atoms. The number of nitrogens with zero attached hydrogens (tertiary/aromatic N) is 1. The summed E-state index contributed by atoms with van der Waals surface area (Å²) in [5, 5.41) is 17.0. The van der Waals surface area contributed by atoms with E-state index in [0.29, 0.717) is 5.57 Å². The molecule has 0 aliphatic heterocycles. The van der Waals surface area contributed by atoms with Crippen LogP contribution in [-0.4, -0.2) is 23.4 Å². The second-order valence-electron chi connectivity index (χ2n) is 1.73. The van der Waals surface area contributed by atoms with E-state index in [2.05, 4.69) is 4.84 Å². The monoisotopic (exact) mass is 147 g/mol. The van der Waals surface area contributed by atoms with Crippen LogP contribution in [0, 0.1) is 10.1 Å². The van der Waals surface area contributed by atoms with Crippen LogP contribution in [0.2, 0.25) is 0 Å². The normalized spacial score (nSPS) is 11.2. The van der Waals surface area contributed by atoms with Crippen molar-refractivity contribution in [3.05, 3.63) is 21.8 Å². The van der Waals surface area contributed by atoms with Gasteiger partial charge < -0.3 is 9.94 Å². The van der Waals surface area contributed by atoms with Crippen LogP contribution in [0.3, 0.4) is 0 Å². The van der Waals surface area contributed by atoms with Crippen LogP contribution in [0.25, 0.3) is 0 Å². The van der Waals surface area contributed by atoms with E-state index >= 15 is 0 Å². The number of rotatable bonds is 4. The van der Waals surface area contributed by atoms with E-state index in [1.807, 2.05) is 0 Å². The van der Waals surface area contributed by atoms with E-state index in [0.717, 1.165) is 0 Å². The zero-order valence-corrected chi connectivity index (χ0v) is 5.61. The van der Waals surface area contributed by atoms with Crippen molar-refractivity contribution >= 4 is 0 Å². The molecule has 0 amide bonds. The third-order valence-electron chi connectivity index (χ3n) is 0.837. The molecule has 5 heteroatoms. The first-order valence-corrected chi connectivity index (χ1v) is 2.70. The molecule has 0 atom stereocenters. The Morgan fingerprint density at radius 2 is 2.50 bits per heavy atom. The topological polar surface area (TPSA) is 72.6 Å². The van der Waals surface area contributed by atoms with Crippen LogP contribution in [0.1, 0.15) is 6.92 Å². The lowest BCUT2D eigenvalue weighted by Gasteiger charge is -1.96. The molecular formula is C5H9NO4. The molecule has 1 N–H and O–H groups in total. The summed E-state index contributed by atoms with van der Waals surface area (Å²) in [5.74, 6) is 0. The van der Waals surface area contributed by atoms with Gasteiger partial charge in [-0.05, 0) is 12.5 Å². The standard InChI is InChI=1S/C5H9NO4/c1-5(2-3-7)4-10-6(8)9/h2,7H,3-4H2,1H3/b5-2+. The van der Waals surface area contributed by atoms with Crippen LogP contribution in [0.5, 0.6) is 0 Å². The smallest absolute Gasteiger partial charge is 0.294 e. The molecular weight excluding hydrogens is 138 g/mol. The first-order chi connectivity index (χ1) is 4.66. The van der Waals surface area contributed by atoms with Crippen molar-refractivity contribution in [3.63, 3.8) is 0 Å². The van der Waals surface area contributed by atoms with Gasteiger partial charge in [0.05, 0.1) is 6.61 Å². The Morgan fingerprint density at radius 1 is 1.90 bits per heavy atom. The van der Waals surface area contributed by atoms with Crippen molar-refractivity contribution in [1.29, 1.82) is 0 Å². The summed E-state index contributed by atoms with van der Waals surface area (Å²) in [5.41, 5.74) is 0.638. The Balaban J connectivity index is 3.48. The lowest BCUT2D eigenvalue weighted by molar-refractivity contribution is -0.755. The number of hydrogen-bond acceptors (Lipinski definition) is 4. The van der Waals surface area contributed by atoms with E-state index in [9.17, 15) is 10.1 Å². The quantitative estimate of drug-likeness (QED) is 0.348. The lowest BCUT2D eigenvalue weighted by atomic mass is 10.3. The molecule has 10 heavy (non-hydrogen) atoms. The van der Waals surface area contributed by atoms with E-state index < -0.39 is 5.09 Å². The summed E-state index contributed by atoms with van der Waals surface area (Å²) in [6.07, 6.45) is 1.45. The van der Waals surface area contributed by atoms with Crippen molar-refractivity contribution in [2.75, 3.05) is 13.2 Å². The molecule has 0 aromatic carbocycles. The molecule has 0 rings (SSSR count). The van der Waals surface area contributed by atoms with Gasteiger partial charge in [-0.2, -0.15) is 0 Å². The summed E-state index contributed by atoms with van der Waals surface area (Å²) in [4.78, 5) is 13.6. The average molecular weight is 147 g/mol. The van der Waals surface area contributed by atoms with Crippen molar-refractivity contribution in [1.82, 2.24) is 0 Å². The number of hydrogen-bond donors (Lipinski definition) is 1. The molecule has 0 fully saturated rings. The number of aliphatic hydroxyl groups is 1. The van der Waals surface area contributed by atoms with Gasteiger partial charge in [-0.1, -0.05) is 6.08 Å². The van der Waals surface area contributed by atoms with Gasteiger partial charge in [0.15, 0.2) is 0 Å². The predicted octanol–water partition coefficient (Wildman–Crippen LogP) is 0.133. The predicted molar refractivity (Wildman–Crippen MR) is 33.8 cm³/mol. The highest BCUT2D eigenvalue weighted by Crippen LogP contribution is 1.91. The minimum absolute atomic E-state index is 0.0758. The maximum absolute atomic E-state index is 9.60. The van der Waals surface area contributed by atoms with E-state index in [1.54, 1.807) is 6.92 Å². The highest BCUT2D eigenvalue weighted by atomic mass is 16.9. The molecule has 0 saturated heterocycles. The van der Waals surface area contributed by atoms with Crippen LogP contribution < -0.4 is 0 Å². The number of aliphatic hydroxyl groups excluding tert-OH is 1. The fraction of sp³-hybridized carbons (Fsp3) is 0.600. The van der Waals surface area contributed by atoms with Crippen molar-refractivity contribution in [3.8, 4) is 0 Å². The Bertz CT molecular complexity index is 143. The maximum atomic E-state index is 9.60. The first kappa shape index (κ1) is 8.90. The molecule has 0 saturated carbocycles. The summed E-state index contributed by atoms with van der Waals surface area (Å²) in [6.45, 7) is 1.44. The van der Waals surface area contributed by atoms with Crippen molar-refractivity contribution < 1.29 is 15.0 Å². The van der Waals surface area contributed by atoms with Gasteiger partial charge in [0.2, 0.25) is 0 Å². The Kier molecular flexibility index (Phi) is 4.23. The van der Waals surface area contributed by atoms with E-state index in [-0.39, 0.29) is 13.2 Å². The van der Waals surface area contributed by atoms with E-state index in [1.165, 1.54) is 6.08 Å². The largest absolute Gasteiger partial charge is 0.392 e. The summed E-state index contributed by atoms with van der Waals surface area (Å²) in [6, 6.07) is 0. The Hall–Kier alpha value is -1.10. The third-order valence-corrected chi connectivity index (χ3v) is 0.837. The molecule has 58 valence electrons. The Labute approximate surface area is 58.0 Å². The highest BCUT2D eigenvalue weighted by molar-refractivity contribution is 4.97. The summed E-state index contributed by atoms with van der Waals surface area (Å²) >= 11 is 0. The minimum atomic E-state index is -0.866. The molecule has 0 bridgehead atoms. The lowest BCUT2D eigenvalue weighted by Crippen LogP contribution is -2.03. The fourth-order valence-corrected chi connectivity index (χ4v) is 0.369. The molecule has 0 heterocycles. The Morgan fingerprint density at radius 3 is 2.90 bits per heavy atom. The summed E-state index contributed by atoms with van der Waals surface area (Å²) in [7, 11) is 0. The van der Waals surface area contributed by atoms with Crippen LogP contribution in [0.4, 0.5) is 0 Å². The van der Waals surface area contributed by atoms with Crippen molar-refractivity contribution in [2.45, 2.75) is 6.92 Å². The van der Waals surface area contributed by atoms with Crippen LogP contribution >= 0.6 is 0 Å². The van der Waals surface area contributed by atoms with Gasteiger partial charge >= 0.3 is 0 Å². The van der Waals surface area contributed by atoms with Crippen LogP contribution in [-0.2, 0) is 4.84 Å². The van der Waals surface area contributed by atoms with Gasteiger partial charge in [-0.15, -0.1) is 10.1 Å². The van der Waals surface area contributed by atoms with Crippen LogP contribution in [0.15, 0.2) is 11.6 Å². The molecule has 5 nitrogen and oxygen atoms in total. The van der Waals surface area contributed by atoms with Gasteiger partial charge in [-0.3, -0.25) is 0 Å². The molecule has 0 aromatic heterocycles. The molecule has 0 aliphatic carbocycles. The molecule has 0 aliphatic rings. The van der Waals surface area contributed by atoms with Crippen molar-refractivity contribution in [2.24, 2.45) is 0 Å². The first-order valence-electron chi connectivity index (χ1n) is 2.70. The summed E-state index contributed by atoms with van der Waals surface area (Å²) < 4.78 is 0. The second-order valence-corrected chi connectivity index (χ2v) is 1.73. The average Bonchev–Trinajstić information content (AvgIpc) is 1.85. The van der Waals surface area contributed by atoms with Gasteiger partial charge in [0.1, 0.15) is 6.61 Å². The highest BCUT2D eigenvalue weighted by Gasteiger charge is 1.93. The molecule has 0 unspecified atom stereocenters. The zero-order chi connectivity index (χ0) is 7.98. The minimum Gasteiger partial charge on any atom is -0.392 e. The van der Waals surface area contributed by atoms with Gasteiger partial charge in [0.25, 0.3) is 5.09 Å². The SMILES string of the molecule is C/C(=C\CO)CO[N+](=O)[O-]. The second kappa shape index (κ2) is 4.75. The van der Waals surface area contributed by atoms with E-state index in [4.69, 9.17) is 5.11 Å². The third kappa shape index (κ3) is 5.04. The fourth-order valence-electron chi connectivity index (χ4n) is 0.369. The van der Waals surface area contributed by atoms with Gasteiger partial charge in [-0.25, -0.2) is 0 Å². The van der Waals surface area contributed by atoms with Gasteiger partial charge in [0, 0.05) is 0 Å². The molecule has 0 radical (unpaired) electrons.